The van der Waals surface area contributed by atoms with Gasteiger partial charge in [-0.15, -0.1) is 0 Å². The number of nitrogens with two attached hydrogens (primary N) is 2. The molecule has 2 heterocycles. The zero-order valence-corrected chi connectivity index (χ0v) is 18.9. The summed E-state index contributed by atoms with van der Waals surface area (Å²) in [7, 11) is 0. The van der Waals surface area contributed by atoms with E-state index in [1.54, 1.807) is 0 Å². The summed E-state index contributed by atoms with van der Waals surface area (Å²) in [5, 5.41) is 2.81. The topological polar surface area (TPSA) is 119 Å². The van der Waals surface area contributed by atoms with Gasteiger partial charge < -0.3 is 21.7 Å². The first-order valence-corrected chi connectivity index (χ1v) is 11.9. The Morgan fingerprint density at radius 3 is 2.21 bits per heavy atom. The molecule has 0 radical (unpaired) electrons. The fourth-order valence-corrected chi connectivity index (χ4v) is 5.43. The molecule has 3 fully saturated rings. The third-order valence-corrected chi connectivity index (χ3v) is 7.42. The number of hydrogen-bond acceptors (Lipinski definition) is 4. The van der Waals surface area contributed by atoms with Crippen molar-refractivity contribution >= 4 is 17.7 Å². The van der Waals surface area contributed by atoms with Crippen LogP contribution in [0.25, 0.3) is 0 Å². The van der Waals surface area contributed by atoms with E-state index in [1.807, 2.05) is 4.90 Å². The lowest BCUT2D eigenvalue weighted by molar-refractivity contribution is -0.141. The van der Waals surface area contributed by atoms with Crippen molar-refractivity contribution in [1.29, 1.82) is 0 Å². The standard InChI is InChI=1S/C24H31F3N4O3/c25-17-11-19(27)18(26)9-13(17)10-20(28)14-7-15-3-4-16(8-14)31(15)24(34)21(5-6-22(29)32)30-23(33)12-1-2-12/h9,11-12,14-16,20-21H,1-8,10,28H2,(H2,29,32)(H,30,33)/t14?,15-,16+,20-,21+/m1/s1. The van der Waals surface area contributed by atoms with Crippen LogP contribution in [-0.4, -0.2) is 46.8 Å². The highest BCUT2D eigenvalue weighted by molar-refractivity contribution is 5.90. The van der Waals surface area contributed by atoms with Gasteiger partial charge in [-0.1, -0.05) is 0 Å². The largest absolute Gasteiger partial charge is 0.370 e. The summed E-state index contributed by atoms with van der Waals surface area (Å²) in [5.41, 5.74) is 11.7. The molecule has 3 amide bonds. The van der Waals surface area contributed by atoms with Crippen molar-refractivity contribution in [2.45, 2.75) is 82.0 Å². The number of halogens is 3. The van der Waals surface area contributed by atoms with Gasteiger partial charge in [-0.05, 0) is 68.9 Å². The summed E-state index contributed by atoms with van der Waals surface area (Å²) in [6, 6.07) is -0.0454. The van der Waals surface area contributed by atoms with Crippen molar-refractivity contribution in [2.75, 3.05) is 0 Å². The molecule has 1 saturated carbocycles. The first-order valence-electron chi connectivity index (χ1n) is 11.9. The second-order valence-electron chi connectivity index (χ2n) is 9.93. The van der Waals surface area contributed by atoms with Gasteiger partial charge in [0.2, 0.25) is 17.7 Å². The monoisotopic (exact) mass is 480 g/mol. The minimum atomic E-state index is -1.24. The van der Waals surface area contributed by atoms with E-state index >= 15 is 0 Å². The van der Waals surface area contributed by atoms with Crippen LogP contribution in [0, 0.1) is 29.3 Å². The van der Waals surface area contributed by atoms with E-state index in [9.17, 15) is 27.6 Å². The van der Waals surface area contributed by atoms with Gasteiger partial charge in [-0.3, -0.25) is 14.4 Å². The molecule has 2 saturated heterocycles. The highest BCUT2D eigenvalue weighted by Crippen LogP contribution is 2.41. The van der Waals surface area contributed by atoms with Gasteiger partial charge in [0.1, 0.15) is 11.9 Å². The van der Waals surface area contributed by atoms with Gasteiger partial charge in [0.15, 0.2) is 11.6 Å². The summed E-state index contributed by atoms with van der Waals surface area (Å²) in [6.07, 6.45) is 4.61. The van der Waals surface area contributed by atoms with Crippen LogP contribution in [0.3, 0.4) is 0 Å². The molecule has 2 bridgehead atoms. The molecule has 1 aromatic carbocycles. The summed E-state index contributed by atoms with van der Waals surface area (Å²) >= 11 is 0. The van der Waals surface area contributed by atoms with Crippen LogP contribution in [0.4, 0.5) is 13.2 Å². The number of nitrogens with one attached hydrogen (secondary N) is 1. The highest BCUT2D eigenvalue weighted by atomic mass is 19.2. The molecule has 34 heavy (non-hydrogen) atoms. The molecule has 4 rings (SSSR count). The quantitative estimate of drug-likeness (QED) is 0.468. The predicted molar refractivity (Wildman–Crippen MR) is 117 cm³/mol. The smallest absolute Gasteiger partial charge is 0.245 e. The summed E-state index contributed by atoms with van der Waals surface area (Å²) < 4.78 is 40.9. The predicted octanol–water partition coefficient (Wildman–Crippen LogP) is 1.90. The first kappa shape index (κ1) is 24.5. The number of piperidine rings is 1. The second kappa shape index (κ2) is 9.93. The molecule has 5 atom stereocenters. The Kier molecular flexibility index (Phi) is 7.16. The Morgan fingerprint density at radius 1 is 1.00 bits per heavy atom. The Morgan fingerprint density at radius 2 is 1.62 bits per heavy atom. The maximum absolute atomic E-state index is 14.1. The number of rotatable bonds is 9. The maximum atomic E-state index is 14.1. The lowest BCUT2D eigenvalue weighted by atomic mass is 9.82. The summed E-state index contributed by atoms with van der Waals surface area (Å²) in [6.45, 7) is 0. The number of amides is 3. The average molecular weight is 481 g/mol. The number of primary amides is 1. The minimum absolute atomic E-state index is 0.00216. The SMILES string of the molecule is NC(=O)CC[C@H](NC(=O)C1CC1)C(=O)N1[C@@H]2CC[C@H]1CC([C@H](N)Cc1cc(F)c(F)cc1F)C2. The average Bonchev–Trinajstić information content (AvgIpc) is 3.59. The number of carbonyl (C=O) groups is 3. The molecule has 1 aromatic rings. The third-order valence-electron chi connectivity index (χ3n) is 7.42. The third kappa shape index (κ3) is 5.37. The molecule has 0 aromatic heterocycles. The van der Waals surface area contributed by atoms with E-state index in [1.165, 1.54) is 0 Å². The lowest BCUT2D eigenvalue weighted by Gasteiger charge is -2.42. The molecule has 0 spiro atoms. The molecule has 2 aliphatic heterocycles. The highest BCUT2D eigenvalue weighted by Gasteiger charge is 2.46. The normalized spacial score (nSPS) is 25.6. The van der Waals surface area contributed by atoms with Gasteiger partial charge in [-0.2, -0.15) is 0 Å². The molecule has 10 heteroatoms. The molecule has 7 nitrogen and oxygen atoms in total. The number of nitrogens with zero attached hydrogens (tertiary/aromatic N) is 1. The molecule has 1 aliphatic carbocycles. The first-order chi connectivity index (χ1) is 16.1. The van der Waals surface area contributed by atoms with E-state index < -0.39 is 35.4 Å². The number of fused-ring (bicyclic) bond motifs is 2. The zero-order chi connectivity index (χ0) is 24.6. The van der Waals surface area contributed by atoms with Crippen LogP contribution in [0.2, 0.25) is 0 Å². The van der Waals surface area contributed by atoms with E-state index in [0.29, 0.717) is 18.9 Å². The maximum Gasteiger partial charge on any atom is 0.245 e. The fraction of sp³-hybridized carbons (Fsp3) is 0.625. The Bertz CT molecular complexity index is 957. The summed E-state index contributed by atoms with van der Waals surface area (Å²) in [4.78, 5) is 38.9. The van der Waals surface area contributed by atoms with E-state index in [-0.39, 0.29) is 60.6 Å². The van der Waals surface area contributed by atoms with Gasteiger partial charge >= 0.3 is 0 Å². The molecule has 5 N–H and O–H groups in total. The molecular weight excluding hydrogens is 449 g/mol. The van der Waals surface area contributed by atoms with Crippen molar-refractivity contribution in [3.05, 3.63) is 35.1 Å². The summed E-state index contributed by atoms with van der Waals surface area (Å²) in [5.74, 6) is -4.16. The number of carbonyl (C=O) groups excluding carboxylic acids is 3. The van der Waals surface area contributed by atoms with Crippen LogP contribution in [0.15, 0.2) is 12.1 Å². The lowest BCUT2D eigenvalue weighted by Crippen LogP contribution is -2.56. The van der Waals surface area contributed by atoms with Crippen molar-refractivity contribution in [3.63, 3.8) is 0 Å². The van der Waals surface area contributed by atoms with Crippen molar-refractivity contribution in [3.8, 4) is 0 Å². The molecule has 1 unspecified atom stereocenters. The second-order valence-corrected chi connectivity index (χ2v) is 9.93. The van der Waals surface area contributed by atoms with E-state index in [4.69, 9.17) is 11.5 Å². The number of benzene rings is 1. The van der Waals surface area contributed by atoms with Crippen LogP contribution >= 0.6 is 0 Å². The molecule has 3 aliphatic rings. The van der Waals surface area contributed by atoms with Gasteiger partial charge in [0, 0.05) is 36.5 Å². The fourth-order valence-electron chi connectivity index (χ4n) is 5.43. The zero-order valence-electron chi connectivity index (χ0n) is 18.9. The minimum Gasteiger partial charge on any atom is -0.370 e. The van der Waals surface area contributed by atoms with Crippen molar-refractivity contribution in [2.24, 2.45) is 23.3 Å². The van der Waals surface area contributed by atoms with Crippen LogP contribution in [0.1, 0.15) is 56.9 Å². The van der Waals surface area contributed by atoms with Gasteiger partial charge in [0.05, 0.1) is 0 Å². The van der Waals surface area contributed by atoms with Crippen LogP contribution in [0.5, 0.6) is 0 Å². The number of hydrogen-bond donors (Lipinski definition) is 3. The van der Waals surface area contributed by atoms with Crippen molar-refractivity contribution in [1.82, 2.24) is 10.2 Å². The van der Waals surface area contributed by atoms with Crippen molar-refractivity contribution < 1.29 is 27.6 Å². The van der Waals surface area contributed by atoms with Crippen LogP contribution < -0.4 is 16.8 Å². The molecule has 186 valence electrons. The Balaban J connectivity index is 1.41. The van der Waals surface area contributed by atoms with Gasteiger partial charge in [-0.25, -0.2) is 13.2 Å². The Labute approximate surface area is 196 Å². The molecular formula is C24H31F3N4O3. The van der Waals surface area contributed by atoms with E-state index in [0.717, 1.165) is 31.7 Å². The van der Waals surface area contributed by atoms with Crippen LogP contribution in [-0.2, 0) is 20.8 Å². The van der Waals surface area contributed by atoms with E-state index in [2.05, 4.69) is 5.32 Å². The Hall–Kier alpha value is -2.62. The van der Waals surface area contributed by atoms with Gasteiger partial charge in [0.25, 0.3) is 0 Å².